The highest BCUT2D eigenvalue weighted by Crippen LogP contribution is 2.26. The van der Waals surface area contributed by atoms with Crippen LogP contribution < -0.4 is 5.32 Å². The Bertz CT molecular complexity index is 646. The summed E-state index contributed by atoms with van der Waals surface area (Å²) in [4.78, 5) is 19.2. The molecule has 0 radical (unpaired) electrons. The molecule has 2 aromatic rings. The maximum absolute atomic E-state index is 10.8. The molecule has 110 valence electrons. The van der Waals surface area contributed by atoms with Gasteiger partial charge in [0.1, 0.15) is 0 Å². The van der Waals surface area contributed by atoms with Crippen molar-refractivity contribution < 1.29 is 15.0 Å². The van der Waals surface area contributed by atoms with Crippen LogP contribution in [0.3, 0.4) is 0 Å². The molecule has 0 amide bonds. The number of carboxylic acids is 1. The van der Waals surface area contributed by atoms with Gasteiger partial charge in [-0.25, -0.2) is 14.8 Å². The van der Waals surface area contributed by atoms with E-state index in [1.807, 2.05) is 0 Å². The summed E-state index contributed by atoms with van der Waals surface area (Å²) >= 11 is 6.09. The highest BCUT2D eigenvalue weighted by atomic mass is 35.5. The van der Waals surface area contributed by atoms with Gasteiger partial charge in [0.25, 0.3) is 0 Å². The first kappa shape index (κ1) is 15.2. The summed E-state index contributed by atoms with van der Waals surface area (Å²) in [5.41, 5.74) is 1.37. The zero-order chi connectivity index (χ0) is 15.4. The molecule has 0 spiro atoms. The van der Waals surface area contributed by atoms with Crippen LogP contribution in [0, 0.1) is 0 Å². The van der Waals surface area contributed by atoms with Crippen molar-refractivity contribution in [2.75, 3.05) is 11.9 Å². The van der Waals surface area contributed by atoms with Gasteiger partial charge in [0.15, 0.2) is 0 Å². The minimum atomic E-state index is -0.991. The fourth-order valence-corrected chi connectivity index (χ4v) is 1.88. The molecule has 0 saturated carbocycles. The molecule has 2 rings (SSSR count). The fraction of sp³-hybridized carbons (Fsp3) is 0.214. The van der Waals surface area contributed by atoms with E-state index in [0.29, 0.717) is 22.2 Å². The van der Waals surface area contributed by atoms with Crippen molar-refractivity contribution in [3.8, 4) is 11.3 Å². The lowest BCUT2D eigenvalue weighted by molar-refractivity contribution is 0.0697. The molecule has 1 aromatic heterocycles. The second-order valence-corrected chi connectivity index (χ2v) is 4.91. The summed E-state index contributed by atoms with van der Waals surface area (Å²) in [5, 5.41) is 21.2. The van der Waals surface area contributed by atoms with Gasteiger partial charge in [-0.3, -0.25) is 0 Å². The van der Waals surface area contributed by atoms with E-state index >= 15 is 0 Å². The number of anilines is 1. The largest absolute Gasteiger partial charge is 0.478 e. The van der Waals surface area contributed by atoms with Gasteiger partial charge < -0.3 is 15.5 Å². The van der Waals surface area contributed by atoms with Crippen LogP contribution in [0.5, 0.6) is 0 Å². The third-order valence-electron chi connectivity index (χ3n) is 2.80. The van der Waals surface area contributed by atoms with Gasteiger partial charge in [0.2, 0.25) is 5.95 Å². The molecule has 6 nitrogen and oxygen atoms in total. The van der Waals surface area contributed by atoms with Gasteiger partial charge >= 0.3 is 5.97 Å². The topological polar surface area (TPSA) is 95.3 Å². The lowest BCUT2D eigenvalue weighted by atomic mass is 10.1. The molecule has 21 heavy (non-hydrogen) atoms. The first-order valence-electron chi connectivity index (χ1n) is 6.25. The minimum absolute atomic E-state index is 0.0470. The van der Waals surface area contributed by atoms with Crippen LogP contribution in [0.2, 0.25) is 5.02 Å². The Morgan fingerprint density at radius 3 is 2.62 bits per heavy atom. The lowest BCUT2D eigenvalue weighted by Crippen LogP contribution is -2.20. The average Bonchev–Trinajstić information content (AvgIpc) is 2.49. The van der Waals surface area contributed by atoms with E-state index in [4.69, 9.17) is 21.8 Å². The summed E-state index contributed by atoms with van der Waals surface area (Å²) in [7, 11) is 0. The standard InChI is InChI=1S/C14H14ClN3O3/c1-8(7-19)17-14-16-6-11(15)12(18-14)9-2-4-10(5-3-9)13(20)21/h2-6,8,19H,7H2,1H3,(H,20,21)(H,16,17,18)/t8-/m0/s1. The molecule has 0 bridgehead atoms. The molecular weight excluding hydrogens is 294 g/mol. The molecule has 0 unspecified atom stereocenters. The number of benzene rings is 1. The highest BCUT2D eigenvalue weighted by molar-refractivity contribution is 6.32. The summed E-state index contributed by atoms with van der Waals surface area (Å²) in [5.74, 6) is -0.646. The minimum Gasteiger partial charge on any atom is -0.478 e. The van der Waals surface area contributed by atoms with Crippen molar-refractivity contribution in [2.45, 2.75) is 13.0 Å². The number of aromatic nitrogens is 2. The molecule has 0 aliphatic carbocycles. The van der Waals surface area contributed by atoms with Crippen molar-refractivity contribution in [1.29, 1.82) is 0 Å². The fourth-order valence-electron chi connectivity index (χ4n) is 1.68. The summed E-state index contributed by atoms with van der Waals surface area (Å²) in [6.45, 7) is 1.74. The van der Waals surface area contributed by atoms with Crippen LogP contribution in [0.25, 0.3) is 11.3 Å². The van der Waals surface area contributed by atoms with E-state index in [1.54, 1.807) is 19.1 Å². The molecule has 0 saturated heterocycles. The third kappa shape index (κ3) is 3.68. The van der Waals surface area contributed by atoms with Gasteiger partial charge in [-0.1, -0.05) is 23.7 Å². The molecule has 1 heterocycles. The van der Waals surface area contributed by atoms with Gasteiger partial charge in [-0.05, 0) is 19.1 Å². The maximum atomic E-state index is 10.8. The average molecular weight is 308 g/mol. The van der Waals surface area contributed by atoms with Crippen LogP contribution in [0.15, 0.2) is 30.5 Å². The Morgan fingerprint density at radius 2 is 2.05 bits per heavy atom. The van der Waals surface area contributed by atoms with Crippen LogP contribution in [-0.2, 0) is 0 Å². The molecular formula is C14H14ClN3O3. The second-order valence-electron chi connectivity index (χ2n) is 4.50. The lowest BCUT2D eigenvalue weighted by Gasteiger charge is -2.12. The Kier molecular flexibility index (Phi) is 4.72. The van der Waals surface area contributed by atoms with Crippen LogP contribution in [0.4, 0.5) is 5.95 Å². The second kappa shape index (κ2) is 6.51. The first-order chi connectivity index (χ1) is 10.0. The number of aliphatic hydroxyl groups is 1. The number of nitrogens with zero attached hydrogens (tertiary/aromatic N) is 2. The summed E-state index contributed by atoms with van der Waals surface area (Å²) in [6.07, 6.45) is 1.46. The van der Waals surface area contributed by atoms with E-state index in [1.165, 1.54) is 18.3 Å². The number of hydrogen-bond donors (Lipinski definition) is 3. The molecule has 0 fully saturated rings. The Hall–Kier alpha value is -2.18. The van der Waals surface area contributed by atoms with E-state index < -0.39 is 5.97 Å². The monoisotopic (exact) mass is 307 g/mol. The maximum Gasteiger partial charge on any atom is 0.335 e. The summed E-state index contributed by atoms with van der Waals surface area (Å²) < 4.78 is 0. The summed E-state index contributed by atoms with van der Waals surface area (Å²) in [6, 6.07) is 6.06. The highest BCUT2D eigenvalue weighted by Gasteiger charge is 2.11. The number of halogens is 1. The van der Waals surface area contributed by atoms with Gasteiger partial charge in [-0.2, -0.15) is 0 Å². The first-order valence-corrected chi connectivity index (χ1v) is 6.62. The van der Waals surface area contributed by atoms with E-state index in [9.17, 15) is 4.79 Å². The van der Waals surface area contributed by atoms with Gasteiger partial charge in [0, 0.05) is 11.6 Å². The van der Waals surface area contributed by atoms with Crippen molar-refractivity contribution in [2.24, 2.45) is 0 Å². The van der Waals surface area contributed by atoms with Gasteiger partial charge in [0.05, 0.1) is 29.1 Å². The molecule has 0 aliphatic heterocycles. The zero-order valence-corrected chi connectivity index (χ0v) is 12.0. The Balaban J connectivity index is 2.33. The van der Waals surface area contributed by atoms with Crippen molar-refractivity contribution in [1.82, 2.24) is 9.97 Å². The number of carbonyl (C=O) groups is 1. The van der Waals surface area contributed by atoms with Crippen LogP contribution >= 0.6 is 11.6 Å². The predicted octanol–water partition coefficient (Wildman–Crippen LogP) is 2.29. The number of rotatable bonds is 5. The smallest absolute Gasteiger partial charge is 0.335 e. The van der Waals surface area contributed by atoms with Crippen molar-refractivity contribution in [3.63, 3.8) is 0 Å². The molecule has 0 aliphatic rings. The quantitative estimate of drug-likeness (QED) is 0.784. The number of hydrogen-bond acceptors (Lipinski definition) is 5. The van der Waals surface area contributed by atoms with Crippen LogP contribution in [-0.4, -0.2) is 38.8 Å². The zero-order valence-electron chi connectivity index (χ0n) is 11.2. The number of nitrogens with one attached hydrogen (secondary N) is 1. The molecule has 7 heteroatoms. The predicted molar refractivity (Wildman–Crippen MR) is 79.6 cm³/mol. The number of aromatic carboxylic acids is 1. The normalized spacial score (nSPS) is 12.0. The Morgan fingerprint density at radius 1 is 1.38 bits per heavy atom. The Labute approximate surface area is 126 Å². The number of aliphatic hydroxyl groups excluding tert-OH is 1. The van der Waals surface area contributed by atoms with E-state index in [2.05, 4.69) is 15.3 Å². The van der Waals surface area contributed by atoms with Crippen molar-refractivity contribution >= 4 is 23.5 Å². The van der Waals surface area contributed by atoms with E-state index in [-0.39, 0.29) is 18.2 Å². The SMILES string of the molecule is C[C@@H](CO)Nc1ncc(Cl)c(-c2ccc(C(=O)O)cc2)n1. The molecule has 1 aromatic carbocycles. The van der Waals surface area contributed by atoms with Crippen LogP contribution in [0.1, 0.15) is 17.3 Å². The number of carboxylic acid groups (broad SMARTS) is 1. The van der Waals surface area contributed by atoms with E-state index in [0.717, 1.165) is 0 Å². The van der Waals surface area contributed by atoms with Gasteiger partial charge in [-0.15, -0.1) is 0 Å². The molecule has 1 atom stereocenters. The van der Waals surface area contributed by atoms with Crippen molar-refractivity contribution in [3.05, 3.63) is 41.0 Å². The molecule has 3 N–H and O–H groups in total. The third-order valence-corrected chi connectivity index (χ3v) is 3.08.